The van der Waals surface area contributed by atoms with Crippen LogP contribution in [0, 0.1) is 6.92 Å². The molecular weight excluding hydrogens is 322 g/mol. The zero-order valence-electron chi connectivity index (χ0n) is 13.2. The van der Waals surface area contributed by atoms with E-state index < -0.39 is 12.0 Å². The first kappa shape index (κ1) is 18.1. The van der Waals surface area contributed by atoms with E-state index in [0.717, 1.165) is 12.8 Å². The van der Waals surface area contributed by atoms with Crippen molar-refractivity contribution < 1.29 is 13.6 Å². The fourth-order valence-electron chi connectivity index (χ4n) is 3.57. The van der Waals surface area contributed by atoms with Crippen LogP contribution in [0.4, 0.5) is 8.78 Å². The first-order valence-electron chi connectivity index (χ1n) is 7.92. The Bertz CT molecular complexity index is 559. The van der Waals surface area contributed by atoms with Gasteiger partial charge in [-0.05, 0) is 36.8 Å². The fourth-order valence-corrected chi connectivity index (χ4v) is 3.57. The first-order chi connectivity index (χ1) is 10.5. The van der Waals surface area contributed by atoms with Crippen molar-refractivity contribution in [1.29, 1.82) is 0 Å². The summed E-state index contributed by atoms with van der Waals surface area (Å²) in [6.45, 7) is 3.03. The Morgan fingerprint density at radius 3 is 2.48 bits per heavy atom. The van der Waals surface area contributed by atoms with E-state index in [2.05, 4.69) is 24.4 Å². The van der Waals surface area contributed by atoms with E-state index in [-0.39, 0.29) is 31.3 Å². The molecule has 128 valence electrons. The number of benzene rings is 1. The number of likely N-dealkylation sites (tertiary alicyclic amines) is 1. The minimum absolute atomic E-state index is 0. The molecule has 23 heavy (non-hydrogen) atoms. The van der Waals surface area contributed by atoms with E-state index in [4.69, 9.17) is 0 Å². The van der Waals surface area contributed by atoms with Crippen LogP contribution in [0.3, 0.4) is 0 Å². The summed E-state index contributed by atoms with van der Waals surface area (Å²) in [6, 6.07) is 7.62. The predicted molar refractivity (Wildman–Crippen MR) is 88.3 cm³/mol. The molecule has 2 aliphatic rings. The molecule has 2 fully saturated rings. The average molecular weight is 345 g/mol. The Balaban J connectivity index is 0.00000192. The second-order valence-corrected chi connectivity index (χ2v) is 6.45. The Labute approximate surface area is 141 Å². The van der Waals surface area contributed by atoms with Gasteiger partial charge in [0, 0.05) is 19.5 Å². The van der Waals surface area contributed by atoms with Crippen LogP contribution in [0.25, 0.3) is 0 Å². The molecule has 0 spiro atoms. The van der Waals surface area contributed by atoms with Gasteiger partial charge in [-0.2, -0.15) is 0 Å². The van der Waals surface area contributed by atoms with Gasteiger partial charge in [-0.1, -0.05) is 24.3 Å². The Morgan fingerprint density at radius 1 is 1.26 bits per heavy atom. The predicted octanol–water partition coefficient (Wildman–Crippen LogP) is 3.12. The zero-order valence-corrected chi connectivity index (χ0v) is 14.0. The summed E-state index contributed by atoms with van der Waals surface area (Å²) in [7, 11) is 0. The maximum atomic E-state index is 13.2. The standard InChI is InChI=1S/C17H22F2N2O.ClH/c1-12-4-2-3-5-14(12)13-6-8-21(9-7-13)16(22)15-10-17(18,19)11-20-15;/h2-5,13,15,20H,6-11H2,1H3;1H. The van der Waals surface area contributed by atoms with Gasteiger partial charge in [-0.15, -0.1) is 12.4 Å². The highest BCUT2D eigenvalue weighted by Crippen LogP contribution is 2.31. The highest BCUT2D eigenvalue weighted by atomic mass is 35.5. The van der Waals surface area contributed by atoms with Gasteiger partial charge in [0.1, 0.15) is 0 Å². The number of carbonyl (C=O) groups is 1. The van der Waals surface area contributed by atoms with Crippen LogP contribution < -0.4 is 5.32 Å². The van der Waals surface area contributed by atoms with Crippen LogP contribution >= 0.6 is 12.4 Å². The van der Waals surface area contributed by atoms with Crippen molar-refractivity contribution in [2.45, 2.75) is 44.1 Å². The molecule has 2 aliphatic heterocycles. The second kappa shape index (κ2) is 7.14. The highest BCUT2D eigenvalue weighted by molar-refractivity contribution is 5.85. The van der Waals surface area contributed by atoms with Crippen molar-refractivity contribution in [3.05, 3.63) is 35.4 Å². The van der Waals surface area contributed by atoms with Gasteiger partial charge in [0.25, 0.3) is 5.92 Å². The van der Waals surface area contributed by atoms with Crippen LogP contribution in [0.15, 0.2) is 24.3 Å². The second-order valence-electron chi connectivity index (χ2n) is 6.45. The van der Waals surface area contributed by atoms with Gasteiger partial charge in [-0.3, -0.25) is 10.1 Å². The van der Waals surface area contributed by atoms with E-state index >= 15 is 0 Å². The number of amides is 1. The molecule has 6 heteroatoms. The summed E-state index contributed by atoms with van der Waals surface area (Å²) in [5.41, 5.74) is 2.63. The molecule has 2 saturated heterocycles. The summed E-state index contributed by atoms with van der Waals surface area (Å²) >= 11 is 0. The summed E-state index contributed by atoms with van der Waals surface area (Å²) < 4.78 is 26.4. The van der Waals surface area contributed by atoms with Crippen LogP contribution in [-0.2, 0) is 4.79 Å². The van der Waals surface area contributed by atoms with Crippen molar-refractivity contribution >= 4 is 18.3 Å². The first-order valence-corrected chi connectivity index (χ1v) is 7.92. The molecule has 0 aliphatic carbocycles. The van der Waals surface area contributed by atoms with E-state index in [1.807, 2.05) is 12.1 Å². The van der Waals surface area contributed by atoms with Crippen LogP contribution in [0.2, 0.25) is 0 Å². The van der Waals surface area contributed by atoms with E-state index in [1.54, 1.807) is 4.90 Å². The quantitative estimate of drug-likeness (QED) is 0.894. The van der Waals surface area contributed by atoms with Crippen molar-refractivity contribution in [1.82, 2.24) is 10.2 Å². The molecule has 2 heterocycles. The van der Waals surface area contributed by atoms with Gasteiger partial charge < -0.3 is 4.90 Å². The molecule has 1 aromatic rings. The molecule has 0 radical (unpaired) electrons. The molecule has 1 N–H and O–H groups in total. The molecule has 1 atom stereocenters. The lowest BCUT2D eigenvalue weighted by Gasteiger charge is -2.34. The van der Waals surface area contributed by atoms with Crippen molar-refractivity contribution in [3.63, 3.8) is 0 Å². The number of hydrogen-bond donors (Lipinski definition) is 1. The maximum absolute atomic E-state index is 13.2. The Kier molecular flexibility index (Phi) is 5.63. The molecule has 0 aromatic heterocycles. The molecule has 3 nitrogen and oxygen atoms in total. The molecule has 1 aromatic carbocycles. The summed E-state index contributed by atoms with van der Waals surface area (Å²) in [6.07, 6.45) is 1.43. The van der Waals surface area contributed by atoms with E-state index in [9.17, 15) is 13.6 Å². The number of halogens is 3. The smallest absolute Gasteiger partial charge is 0.262 e. The minimum atomic E-state index is -2.75. The number of carbonyl (C=O) groups excluding carboxylic acids is 1. The van der Waals surface area contributed by atoms with Crippen molar-refractivity contribution in [2.75, 3.05) is 19.6 Å². The van der Waals surface area contributed by atoms with Crippen molar-refractivity contribution in [2.24, 2.45) is 0 Å². The molecule has 1 unspecified atom stereocenters. The van der Waals surface area contributed by atoms with Gasteiger partial charge in [0.05, 0.1) is 12.6 Å². The zero-order chi connectivity index (χ0) is 15.7. The van der Waals surface area contributed by atoms with E-state index in [0.29, 0.717) is 19.0 Å². The summed E-state index contributed by atoms with van der Waals surface area (Å²) in [5, 5.41) is 2.65. The number of nitrogens with zero attached hydrogens (tertiary/aromatic N) is 1. The number of rotatable bonds is 2. The molecule has 1 amide bonds. The normalized spacial score (nSPS) is 24.3. The molecule has 0 saturated carbocycles. The molecule has 3 rings (SSSR count). The summed E-state index contributed by atoms with van der Waals surface area (Å²) in [4.78, 5) is 14.1. The Hall–Kier alpha value is -1.20. The largest absolute Gasteiger partial charge is 0.341 e. The summed E-state index contributed by atoms with van der Waals surface area (Å²) in [5.74, 6) is -2.46. The average Bonchev–Trinajstić information content (AvgIpc) is 2.87. The van der Waals surface area contributed by atoms with Crippen LogP contribution in [-0.4, -0.2) is 42.4 Å². The SMILES string of the molecule is Cc1ccccc1C1CCN(C(=O)C2CC(F)(F)CN2)CC1.Cl. The fraction of sp³-hybridized carbons (Fsp3) is 0.588. The number of aryl methyl sites for hydroxylation is 1. The van der Waals surface area contributed by atoms with E-state index in [1.165, 1.54) is 11.1 Å². The van der Waals surface area contributed by atoms with Crippen LogP contribution in [0.5, 0.6) is 0 Å². The number of alkyl halides is 2. The highest BCUT2D eigenvalue weighted by Gasteiger charge is 2.43. The monoisotopic (exact) mass is 344 g/mol. The Morgan fingerprint density at radius 2 is 1.91 bits per heavy atom. The number of hydrogen-bond acceptors (Lipinski definition) is 2. The lowest BCUT2D eigenvalue weighted by Crippen LogP contribution is -2.46. The number of piperidine rings is 1. The molecule has 0 bridgehead atoms. The minimum Gasteiger partial charge on any atom is -0.341 e. The van der Waals surface area contributed by atoms with Gasteiger partial charge >= 0.3 is 0 Å². The topological polar surface area (TPSA) is 32.3 Å². The third kappa shape index (κ3) is 4.01. The lowest BCUT2D eigenvalue weighted by molar-refractivity contribution is -0.134. The van der Waals surface area contributed by atoms with Gasteiger partial charge in [0.2, 0.25) is 5.91 Å². The third-order valence-electron chi connectivity index (χ3n) is 4.84. The van der Waals surface area contributed by atoms with Crippen LogP contribution in [0.1, 0.15) is 36.3 Å². The third-order valence-corrected chi connectivity index (χ3v) is 4.84. The van der Waals surface area contributed by atoms with Gasteiger partial charge in [-0.25, -0.2) is 8.78 Å². The van der Waals surface area contributed by atoms with Gasteiger partial charge in [0.15, 0.2) is 0 Å². The maximum Gasteiger partial charge on any atom is 0.262 e. The number of nitrogens with one attached hydrogen (secondary N) is 1. The lowest BCUT2D eigenvalue weighted by atomic mass is 9.86. The molecular formula is C17H23ClF2N2O. The van der Waals surface area contributed by atoms with Crippen molar-refractivity contribution in [3.8, 4) is 0 Å².